The van der Waals surface area contributed by atoms with Gasteiger partial charge in [0.1, 0.15) is 0 Å². The van der Waals surface area contributed by atoms with Gasteiger partial charge in [-0.2, -0.15) is 0 Å². The summed E-state index contributed by atoms with van der Waals surface area (Å²) >= 11 is 3.52. The van der Waals surface area contributed by atoms with Gasteiger partial charge in [-0.25, -0.2) is 0 Å². The van der Waals surface area contributed by atoms with Gasteiger partial charge < -0.3 is 25.2 Å². The molecule has 0 aliphatic heterocycles. The molecular formula is C18H29BrN2O4. The van der Waals surface area contributed by atoms with Crippen LogP contribution in [0.2, 0.25) is 0 Å². The number of rotatable bonds is 9. The second kappa shape index (κ2) is 9.99. The van der Waals surface area contributed by atoms with Crippen molar-refractivity contribution < 1.29 is 19.4 Å². The summed E-state index contributed by atoms with van der Waals surface area (Å²) in [6, 6.07) is 3.65. The molecule has 0 saturated carbocycles. The molecule has 0 aromatic heterocycles. The van der Waals surface area contributed by atoms with E-state index in [1.54, 1.807) is 13.2 Å². The zero-order valence-corrected chi connectivity index (χ0v) is 17.2. The number of aliphatic hydroxyl groups excluding tert-OH is 1. The van der Waals surface area contributed by atoms with Gasteiger partial charge in [-0.3, -0.25) is 4.79 Å². The Morgan fingerprint density at radius 3 is 2.56 bits per heavy atom. The maximum atomic E-state index is 12.0. The van der Waals surface area contributed by atoms with Crippen LogP contribution in [0, 0.1) is 0 Å². The molecule has 7 heteroatoms. The zero-order chi connectivity index (χ0) is 19.0. The monoisotopic (exact) mass is 416 g/mol. The number of halogens is 1. The van der Waals surface area contributed by atoms with Crippen molar-refractivity contribution in [1.82, 2.24) is 10.6 Å². The lowest BCUT2D eigenvalue weighted by Crippen LogP contribution is -2.43. The number of carbonyl (C=O) groups excluding carboxylic acids is 1. The average Bonchev–Trinajstić information content (AvgIpc) is 2.53. The van der Waals surface area contributed by atoms with Crippen molar-refractivity contribution in [3.63, 3.8) is 0 Å². The van der Waals surface area contributed by atoms with Crippen LogP contribution in [0.4, 0.5) is 0 Å². The van der Waals surface area contributed by atoms with Crippen LogP contribution in [0.15, 0.2) is 16.6 Å². The van der Waals surface area contributed by atoms with E-state index in [4.69, 9.17) is 9.47 Å². The Hall–Kier alpha value is -1.31. The minimum atomic E-state index is -0.318. The van der Waals surface area contributed by atoms with E-state index in [2.05, 4.69) is 26.6 Å². The van der Waals surface area contributed by atoms with Crippen LogP contribution in [-0.4, -0.2) is 42.9 Å². The number of hydrogen-bond acceptors (Lipinski definition) is 5. The molecule has 6 nitrogen and oxygen atoms in total. The normalized spacial score (nSPS) is 12.6. The fourth-order valence-electron chi connectivity index (χ4n) is 2.24. The number of nitrogens with one attached hydrogen (secondary N) is 2. The molecule has 0 spiro atoms. The van der Waals surface area contributed by atoms with E-state index in [1.165, 1.54) is 0 Å². The molecule has 1 amide bonds. The first-order valence-corrected chi connectivity index (χ1v) is 9.14. The largest absolute Gasteiger partial charge is 0.493 e. The van der Waals surface area contributed by atoms with Crippen LogP contribution >= 0.6 is 15.9 Å². The van der Waals surface area contributed by atoms with E-state index in [0.717, 1.165) is 16.5 Å². The maximum absolute atomic E-state index is 12.0. The Morgan fingerprint density at radius 2 is 2.04 bits per heavy atom. The summed E-state index contributed by atoms with van der Waals surface area (Å²) in [4.78, 5) is 12.0. The molecule has 0 aliphatic carbocycles. The Morgan fingerprint density at radius 1 is 1.36 bits per heavy atom. The maximum Gasteiger partial charge on any atom is 0.258 e. The van der Waals surface area contributed by atoms with Gasteiger partial charge in [0.2, 0.25) is 0 Å². The van der Waals surface area contributed by atoms with Gasteiger partial charge in [-0.1, -0.05) is 22.9 Å². The van der Waals surface area contributed by atoms with E-state index in [1.807, 2.05) is 33.8 Å². The van der Waals surface area contributed by atoms with Crippen molar-refractivity contribution in [3.8, 4) is 11.5 Å². The molecule has 1 aromatic carbocycles. The molecule has 1 rings (SSSR count). The Labute approximate surface area is 158 Å². The number of hydrogen-bond donors (Lipinski definition) is 3. The number of carbonyl (C=O) groups is 1. The summed E-state index contributed by atoms with van der Waals surface area (Å²) in [6.45, 7) is 8.19. The van der Waals surface area contributed by atoms with Crippen molar-refractivity contribution in [3.05, 3.63) is 22.2 Å². The zero-order valence-electron chi connectivity index (χ0n) is 15.6. The summed E-state index contributed by atoms with van der Waals surface area (Å²) in [7, 11) is 1.56. The molecular weight excluding hydrogens is 388 g/mol. The molecule has 25 heavy (non-hydrogen) atoms. The van der Waals surface area contributed by atoms with Gasteiger partial charge in [-0.15, -0.1) is 0 Å². The predicted octanol–water partition coefficient (Wildman–Crippen LogP) is 2.61. The van der Waals surface area contributed by atoms with Crippen LogP contribution in [0.3, 0.4) is 0 Å². The average molecular weight is 417 g/mol. The minimum Gasteiger partial charge on any atom is -0.493 e. The molecule has 0 heterocycles. The topological polar surface area (TPSA) is 79.8 Å². The smallest absolute Gasteiger partial charge is 0.258 e. The molecule has 3 N–H and O–H groups in total. The molecule has 142 valence electrons. The Bertz CT molecular complexity index is 569. The second-order valence-electron chi connectivity index (χ2n) is 6.81. The first kappa shape index (κ1) is 21.7. The Kier molecular flexibility index (Phi) is 8.68. The molecule has 1 unspecified atom stereocenters. The molecule has 0 bridgehead atoms. The third kappa shape index (κ3) is 7.22. The van der Waals surface area contributed by atoms with Gasteiger partial charge >= 0.3 is 0 Å². The number of benzene rings is 1. The van der Waals surface area contributed by atoms with E-state index in [-0.39, 0.29) is 30.7 Å². The van der Waals surface area contributed by atoms with Crippen LogP contribution in [-0.2, 0) is 11.3 Å². The molecule has 0 radical (unpaired) electrons. The standard InChI is InChI=1S/C18H29BrN2O4/c1-6-12(10-22)20-9-13-14(19)7-8-15(24-5)17(13)25-11-16(23)21-18(2,3)4/h7-8,12,20,22H,6,9-11H2,1-5H3,(H,21,23). The highest BCUT2D eigenvalue weighted by molar-refractivity contribution is 9.10. The lowest BCUT2D eigenvalue weighted by molar-refractivity contribution is -0.124. The fraction of sp³-hybridized carbons (Fsp3) is 0.611. The van der Waals surface area contributed by atoms with Crippen LogP contribution in [0.1, 0.15) is 39.7 Å². The number of ether oxygens (including phenoxy) is 2. The van der Waals surface area contributed by atoms with Crippen molar-refractivity contribution in [2.75, 3.05) is 20.3 Å². The highest BCUT2D eigenvalue weighted by atomic mass is 79.9. The number of amides is 1. The van der Waals surface area contributed by atoms with Crippen LogP contribution in [0.25, 0.3) is 0 Å². The summed E-state index contributed by atoms with van der Waals surface area (Å²) in [5.41, 5.74) is 0.525. The molecule has 1 aromatic rings. The third-order valence-electron chi connectivity index (χ3n) is 3.53. The van der Waals surface area contributed by atoms with Crippen molar-refractivity contribution in [2.45, 2.75) is 52.2 Å². The molecule has 0 saturated heterocycles. The third-order valence-corrected chi connectivity index (χ3v) is 4.27. The van der Waals surface area contributed by atoms with Crippen LogP contribution < -0.4 is 20.1 Å². The number of methoxy groups -OCH3 is 1. The van der Waals surface area contributed by atoms with Gasteiger partial charge in [0, 0.05) is 28.2 Å². The minimum absolute atomic E-state index is 0.00450. The van der Waals surface area contributed by atoms with Gasteiger partial charge in [0.15, 0.2) is 18.1 Å². The summed E-state index contributed by atoms with van der Waals surface area (Å²) in [5, 5.41) is 15.5. The quantitative estimate of drug-likeness (QED) is 0.576. The summed E-state index contributed by atoms with van der Waals surface area (Å²) in [6.07, 6.45) is 0.808. The summed E-state index contributed by atoms with van der Waals surface area (Å²) < 4.78 is 12.0. The second-order valence-corrected chi connectivity index (χ2v) is 7.67. The van der Waals surface area contributed by atoms with Crippen molar-refractivity contribution in [2.24, 2.45) is 0 Å². The van der Waals surface area contributed by atoms with E-state index in [9.17, 15) is 9.90 Å². The lowest BCUT2D eigenvalue weighted by atomic mass is 10.1. The van der Waals surface area contributed by atoms with Gasteiger partial charge in [0.25, 0.3) is 5.91 Å². The van der Waals surface area contributed by atoms with Crippen LogP contribution in [0.5, 0.6) is 11.5 Å². The first-order valence-electron chi connectivity index (χ1n) is 8.35. The highest BCUT2D eigenvalue weighted by Crippen LogP contribution is 2.36. The SMILES string of the molecule is CCC(CO)NCc1c(Br)ccc(OC)c1OCC(=O)NC(C)(C)C. The first-order chi connectivity index (χ1) is 11.7. The number of aliphatic hydroxyl groups is 1. The molecule has 0 aliphatic rings. The van der Waals surface area contributed by atoms with E-state index >= 15 is 0 Å². The van der Waals surface area contributed by atoms with Crippen molar-refractivity contribution in [1.29, 1.82) is 0 Å². The lowest BCUT2D eigenvalue weighted by Gasteiger charge is -2.22. The van der Waals surface area contributed by atoms with Gasteiger partial charge in [0.05, 0.1) is 13.7 Å². The highest BCUT2D eigenvalue weighted by Gasteiger charge is 2.19. The van der Waals surface area contributed by atoms with E-state index in [0.29, 0.717) is 18.0 Å². The summed E-state index contributed by atoms with van der Waals surface area (Å²) in [5.74, 6) is 0.872. The molecule has 1 atom stereocenters. The van der Waals surface area contributed by atoms with E-state index < -0.39 is 0 Å². The molecule has 0 fully saturated rings. The van der Waals surface area contributed by atoms with Crippen molar-refractivity contribution >= 4 is 21.8 Å². The predicted molar refractivity (Wildman–Crippen MR) is 102 cm³/mol. The van der Waals surface area contributed by atoms with Gasteiger partial charge in [-0.05, 0) is 39.3 Å². The Balaban J connectivity index is 2.94. The fourth-order valence-corrected chi connectivity index (χ4v) is 2.69.